The van der Waals surface area contributed by atoms with Crippen molar-refractivity contribution in [3.05, 3.63) is 46.7 Å². The molecule has 0 saturated heterocycles. The van der Waals surface area contributed by atoms with E-state index in [1.54, 1.807) is 0 Å². The lowest BCUT2D eigenvalue weighted by Crippen LogP contribution is -2.05. The molecule has 0 bridgehead atoms. The molecule has 0 spiro atoms. The summed E-state index contributed by atoms with van der Waals surface area (Å²) in [5.74, 6) is 2.08. The van der Waals surface area contributed by atoms with Crippen LogP contribution in [0.1, 0.15) is 31.2 Å². The van der Waals surface area contributed by atoms with Gasteiger partial charge in [-0.25, -0.2) is 4.98 Å². The molecule has 0 aliphatic heterocycles. The quantitative estimate of drug-likeness (QED) is 0.778. The summed E-state index contributed by atoms with van der Waals surface area (Å²) < 4.78 is 5.63. The normalized spacial score (nSPS) is 10.4. The van der Waals surface area contributed by atoms with E-state index in [0.717, 1.165) is 29.2 Å². The van der Waals surface area contributed by atoms with Crippen LogP contribution in [0.15, 0.2) is 30.3 Å². The summed E-state index contributed by atoms with van der Waals surface area (Å²) in [5.41, 5.74) is 1.14. The number of nitrogens with one attached hydrogen (secondary N) is 1. The van der Waals surface area contributed by atoms with Gasteiger partial charge in [0.05, 0.1) is 6.61 Å². The number of hydrogen-bond donors (Lipinski definition) is 1. The van der Waals surface area contributed by atoms with Crippen molar-refractivity contribution in [2.45, 2.75) is 33.2 Å². The maximum absolute atomic E-state index is 5.87. The Bertz CT molecular complexity index is 572. The number of unbranched alkanes of at least 4 members (excludes halogenated alkanes) is 1. The number of halogens is 1. The van der Waals surface area contributed by atoms with Crippen molar-refractivity contribution < 1.29 is 4.74 Å². The zero-order valence-electron chi connectivity index (χ0n) is 12.4. The largest absolute Gasteiger partial charge is 0.478 e. The van der Waals surface area contributed by atoms with Crippen molar-refractivity contribution in [2.75, 3.05) is 11.9 Å². The van der Waals surface area contributed by atoms with E-state index in [1.165, 1.54) is 0 Å². The number of ether oxygens (including phenoxy) is 1. The molecule has 0 aliphatic rings. The lowest BCUT2D eigenvalue weighted by atomic mass is 10.2. The molecule has 2 rings (SSSR count). The van der Waals surface area contributed by atoms with Gasteiger partial charge >= 0.3 is 0 Å². The van der Waals surface area contributed by atoms with Crippen LogP contribution in [0.25, 0.3) is 0 Å². The van der Waals surface area contributed by atoms with Crippen molar-refractivity contribution in [3.8, 4) is 5.88 Å². The van der Waals surface area contributed by atoms with E-state index in [9.17, 15) is 0 Å². The van der Waals surface area contributed by atoms with Crippen LogP contribution in [0.5, 0.6) is 5.88 Å². The minimum absolute atomic E-state index is 0.620. The number of aromatic nitrogens is 2. The minimum Gasteiger partial charge on any atom is -0.478 e. The lowest BCUT2D eigenvalue weighted by Gasteiger charge is -2.09. The van der Waals surface area contributed by atoms with Gasteiger partial charge in [0.2, 0.25) is 5.88 Å². The third kappa shape index (κ3) is 5.23. The number of nitrogens with zero attached hydrogens (tertiary/aromatic N) is 2. The van der Waals surface area contributed by atoms with Crippen LogP contribution in [0, 0.1) is 6.92 Å². The van der Waals surface area contributed by atoms with E-state index in [0.29, 0.717) is 24.9 Å². The van der Waals surface area contributed by atoms with Crippen LogP contribution in [0.2, 0.25) is 5.02 Å². The van der Waals surface area contributed by atoms with Crippen molar-refractivity contribution >= 4 is 17.4 Å². The summed E-state index contributed by atoms with van der Waals surface area (Å²) in [5, 5.41) is 4.02. The number of benzene rings is 1. The molecule has 0 amide bonds. The number of aryl methyl sites for hydroxylation is 1. The molecule has 0 aliphatic carbocycles. The van der Waals surface area contributed by atoms with Crippen molar-refractivity contribution in [1.29, 1.82) is 0 Å². The first-order valence-corrected chi connectivity index (χ1v) is 7.52. The molecule has 21 heavy (non-hydrogen) atoms. The van der Waals surface area contributed by atoms with Gasteiger partial charge in [0, 0.05) is 17.6 Å². The van der Waals surface area contributed by atoms with Gasteiger partial charge in [-0.1, -0.05) is 37.1 Å². The first-order valence-electron chi connectivity index (χ1n) is 7.14. The first kappa shape index (κ1) is 15.6. The van der Waals surface area contributed by atoms with Crippen molar-refractivity contribution in [3.63, 3.8) is 0 Å². The standard InChI is InChI=1S/C16H20ClN3O/c1-3-4-9-21-16-10-15(19-12(2)20-16)18-11-13-5-7-14(17)8-6-13/h5-8,10H,3-4,9,11H2,1-2H3,(H,18,19,20). The summed E-state index contributed by atoms with van der Waals surface area (Å²) in [6.45, 7) is 5.36. The Morgan fingerprint density at radius 3 is 2.67 bits per heavy atom. The smallest absolute Gasteiger partial charge is 0.218 e. The molecule has 0 fully saturated rings. The Balaban J connectivity index is 1.97. The fourth-order valence-electron chi connectivity index (χ4n) is 1.82. The molecule has 5 heteroatoms. The summed E-state index contributed by atoms with van der Waals surface area (Å²) >= 11 is 5.87. The van der Waals surface area contributed by atoms with Gasteiger partial charge in [0.1, 0.15) is 11.6 Å². The average molecular weight is 306 g/mol. The van der Waals surface area contributed by atoms with Crippen LogP contribution >= 0.6 is 11.6 Å². The molecule has 1 aromatic heterocycles. The van der Waals surface area contributed by atoms with E-state index in [2.05, 4.69) is 22.2 Å². The van der Waals surface area contributed by atoms with Crippen molar-refractivity contribution in [1.82, 2.24) is 9.97 Å². The number of anilines is 1. The van der Waals surface area contributed by atoms with Crippen molar-refractivity contribution in [2.24, 2.45) is 0 Å². The predicted octanol–water partition coefficient (Wildman–Crippen LogP) is 4.23. The second-order valence-electron chi connectivity index (χ2n) is 4.82. The zero-order valence-corrected chi connectivity index (χ0v) is 13.2. The highest BCUT2D eigenvalue weighted by Crippen LogP contribution is 2.15. The predicted molar refractivity (Wildman–Crippen MR) is 86.0 cm³/mol. The van der Waals surface area contributed by atoms with Crippen LogP contribution in [-0.2, 0) is 6.54 Å². The van der Waals surface area contributed by atoms with Gasteiger partial charge in [0.25, 0.3) is 0 Å². The Kier molecular flexibility index (Phi) is 5.81. The molecule has 0 atom stereocenters. The van der Waals surface area contributed by atoms with Gasteiger partial charge in [-0.05, 0) is 31.0 Å². The summed E-state index contributed by atoms with van der Waals surface area (Å²) in [6, 6.07) is 9.56. The fourth-order valence-corrected chi connectivity index (χ4v) is 1.95. The molecule has 0 unspecified atom stereocenters. The Morgan fingerprint density at radius 1 is 1.19 bits per heavy atom. The van der Waals surface area contributed by atoms with Gasteiger partial charge in [-0.3, -0.25) is 0 Å². The molecule has 0 radical (unpaired) electrons. The molecule has 1 heterocycles. The van der Waals surface area contributed by atoms with Gasteiger partial charge in [0.15, 0.2) is 0 Å². The van der Waals surface area contributed by atoms with Gasteiger partial charge < -0.3 is 10.1 Å². The summed E-state index contributed by atoms with van der Waals surface area (Å²) in [6.07, 6.45) is 2.13. The maximum Gasteiger partial charge on any atom is 0.218 e. The second kappa shape index (κ2) is 7.84. The molecule has 112 valence electrons. The molecule has 2 aromatic rings. The summed E-state index contributed by atoms with van der Waals surface area (Å²) in [4.78, 5) is 8.65. The van der Waals surface area contributed by atoms with Gasteiger partial charge in [-0.15, -0.1) is 0 Å². The van der Waals surface area contributed by atoms with E-state index in [-0.39, 0.29) is 0 Å². The van der Waals surface area contributed by atoms with Crippen LogP contribution < -0.4 is 10.1 Å². The number of hydrogen-bond acceptors (Lipinski definition) is 4. The van der Waals surface area contributed by atoms with E-state index in [1.807, 2.05) is 37.3 Å². The highest BCUT2D eigenvalue weighted by atomic mass is 35.5. The highest BCUT2D eigenvalue weighted by molar-refractivity contribution is 6.30. The topological polar surface area (TPSA) is 47.0 Å². The van der Waals surface area contributed by atoms with Crippen LogP contribution in [0.3, 0.4) is 0 Å². The van der Waals surface area contributed by atoms with Crippen LogP contribution in [0.4, 0.5) is 5.82 Å². The molecule has 1 N–H and O–H groups in total. The van der Waals surface area contributed by atoms with E-state index < -0.39 is 0 Å². The maximum atomic E-state index is 5.87. The molecule has 0 saturated carbocycles. The number of rotatable bonds is 7. The Morgan fingerprint density at radius 2 is 1.95 bits per heavy atom. The third-order valence-corrected chi connectivity index (χ3v) is 3.20. The first-order chi connectivity index (χ1) is 10.2. The molecule has 1 aromatic carbocycles. The SMILES string of the molecule is CCCCOc1cc(NCc2ccc(Cl)cc2)nc(C)n1. The average Bonchev–Trinajstić information content (AvgIpc) is 2.46. The lowest BCUT2D eigenvalue weighted by molar-refractivity contribution is 0.296. The Hall–Kier alpha value is -1.81. The fraction of sp³-hybridized carbons (Fsp3) is 0.375. The Labute approximate surface area is 130 Å². The van der Waals surface area contributed by atoms with Gasteiger partial charge in [-0.2, -0.15) is 4.98 Å². The third-order valence-electron chi connectivity index (χ3n) is 2.95. The molecular weight excluding hydrogens is 286 g/mol. The molecular formula is C16H20ClN3O. The summed E-state index contributed by atoms with van der Waals surface area (Å²) in [7, 11) is 0. The monoisotopic (exact) mass is 305 g/mol. The zero-order chi connectivity index (χ0) is 15.1. The highest BCUT2D eigenvalue weighted by Gasteiger charge is 2.03. The van der Waals surface area contributed by atoms with E-state index >= 15 is 0 Å². The molecule has 4 nitrogen and oxygen atoms in total. The second-order valence-corrected chi connectivity index (χ2v) is 5.26. The minimum atomic E-state index is 0.620. The van der Waals surface area contributed by atoms with E-state index in [4.69, 9.17) is 16.3 Å². The van der Waals surface area contributed by atoms with Crippen LogP contribution in [-0.4, -0.2) is 16.6 Å².